The molecule has 1 atom stereocenters. The summed E-state index contributed by atoms with van der Waals surface area (Å²) in [6.07, 6.45) is 0. The van der Waals surface area contributed by atoms with Crippen molar-refractivity contribution in [3.8, 4) is 0 Å². The first kappa shape index (κ1) is 12.9. The quantitative estimate of drug-likeness (QED) is 0.888. The molecule has 2 rings (SSSR count). The van der Waals surface area contributed by atoms with Crippen LogP contribution in [0, 0.1) is 12.7 Å². The number of nitrogens with zero attached hydrogens (tertiary/aromatic N) is 1. The summed E-state index contributed by atoms with van der Waals surface area (Å²) in [4.78, 5) is 24.4. The van der Waals surface area contributed by atoms with Crippen molar-refractivity contribution in [2.45, 2.75) is 13.0 Å². The van der Waals surface area contributed by atoms with Gasteiger partial charge in [0.2, 0.25) is 0 Å². The van der Waals surface area contributed by atoms with Crippen LogP contribution in [0.2, 0.25) is 0 Å². The second-order valence-corrected chi connectivity index (χ2v) is 5.15. The Bertz CT molecular complexity index is 486. The minimum atomic E-state index is -1.03. The fourth-order valence-corrected chi connectivity index (χ4v) is 3.02. The third-order valence-electron chi connectivity index (χ3n) is 2.72. The summed E-state index contributed by atoms with van der Waals surface area (Å²) >= 11 is 1.38. The summed E-state index contributed by atoms with van der Waals surface area (Å²) in [6, 6.07) is 3.19. The molecule has 0 aromatic heterocycles. The van der Waals surface area contributed by atoms with E-state index in [4.69, 9.17) is 5.11 Å². The number of benzene rings is 1. The van der Waals surface area contributed by atoms with Crippen LogP contribution >= 0.6 is 11.8 Å². The second kappa shape index (κ2) is 4.97. The number of hydrogen-bond donors (Lipinski definition) is 1. The zero-order valence-corrected chi connectivity index (χ0v) is 10.5. The number of amides is 1. The Morgan fingerprint density at radius 2 is 2.17 bits per heavy atom. The third-order valence-corrected chi connectivity index (χ3v) is 3.73. The van der Waals surface area contributed by atoms with Crippen LogP contribution in [0.4, 0.5) is 4.39 Å². The lowest BCUT2D eigenvalue weighted by Crippen LogP contribution is -2.41. The maximum Gasteiger partial charge on any atom is 0.327 e. The van der Waals surface area contributed by atoms with Gasteiger partial charge in [-0.3, -0.25) is 4.79 Å². The van der Waals surface area contributed by atoms with Gasteiger partial charge in [0.15, 0.2) is 0 Å². The van der Waals surface area contributed by atoms with Crippen molar-refractivity contribution < 1.29 is 19.1 Å². The molecule has 0 saturated carbocycles. The molecule has 1 fully saturated rings. The Kier molecular flexibility index (Phi) is 3.56. The summed E-state index contributed by atoms with van der Waals surface area (Å²) in [5.74, 6) is -1.26. The molecule has 0 radical (unpaired) electrons. The zero-order chi connectivity index (χ0) is 13.3. The van der Waals surface area contributed by atoms with Crippen molar-refractivity contribution in [2.24, 2.45) is 0 Å². The van der Waals surface area contributed by atoms with Crippen molar-refractivity contribution >= 4 is 23.6 Å². The fourth-order valence-electron chi connectivity index (χ4n) is 1.87. The predicted molar refractivity (Wildman–Crippen MR) is 66.1 cm³/mol. The van der Waals surface area contributed by atoms with Crippen LogP contribution in [-0.2, 0) is 4.79 Å². The van der Waals surface area contributed by atoms with Crippen molar-refractivity contribution in [2.75, 3.05) is 11.6 Å². The van der Waals surface area contributed by atoms with Gasteiger partial charge in [-0.25, -0.2) is 9.18 Å². The maximum atomic E-state index is 13.2. The van der Waals surface area contributed by atoms with Gasteiger partial charge < -0.3 is 10.0 Å². The smallest absolute Gasteiger partial charge is 0.327 e. The number of aliphatic carboxylic acids is 1. The number of aryl methyl sites for hydroxylation is 1. The highest BCUT2D eigenvalue weighted by atomic mass is 32.2. The molecule has 1 N–H and O–H groups in total. The van der Waals surface area contributed by atoms with Crippen LogP contribution in [-0.4, -0.2) is 39.6 Å². The van der Waals surface area contributed by atoms with Crippen molar-refractivity contribution in [3.63, 3.8) is 0 Å². The predicted octanol–water partition coefficient (Wildman–Crippen LogP) is 1.73. The summed E-state index contributed by atoms with van der Waals surface area (Å²) < 4.78 is 13.2. The number of thioether (sulfide) groups is 1. The largest absolute Gasteiger partial charge is 0.480 e. The number of carbonyl (C=O) groups excluding carboxylic acids is 1. The topological polar surface area (TPSA) is 57.6 Å². The highest BCUT2D eigenvalue weighted by molar-refractivity contribution is 7.99. The first-order valence-electron chi connectivity index (χ1n) is 5.38. The Morgan fingerprint density at radius 3 is 2.78 bits per heavy atom. The number of rotatable bonds is 2. The monoisotopic (exact) mass is 269 g/mol. The molecule has 1 aromatic rings. The molecule has 1 aliphatic heterocycles. The Balaban J connectivity index is 2.28. The highest BCUT2D eigenvalue weighted by Crippen LogP contribution is 2.23. The first-order valence-corrected chi connectivity index (χ1v) is 6.53. The van der Waals surface area contributed by atoms with Crippen molar-refractivity contribution in [1.29, 1.82) is 0 Å². The minimum Gasteiger partial charge on any atom is -0.480 e. The maximum absolute atomic E-state index is 13.2. The fraction of sp³-hybridized carbons (Fsp3) is 0.333. The molecule has 0 unspecified atom stereocenters. The lowest BCUT2D eigenvalue weighted by atomic mass is 10.1. The van der Waals surface area contributed by atoms with Crippen LogP contribution in [0.15, 0.2) is 18.2 Å². The third kappa shape index (κ3) is 2.48. The molecule has 1 saturated heterocycles. The molecule has 6 heteroatoms. The molecule has 1 amide bonds. The van der Waals surface area contributed by atoms with Gasteiger partial charge in [0.05, 0.1) is 5.88 Å². The van der Waals surface area contributed by atoms with Gasteiger partial charge in [-0.15, -0.1) is 11.8 Å². The van der Waals surface area contributed by atoms with Gasteiger partial charge in [0, 0.05) is 11.3 Å². The average molecular weight is 269 g/mol. The number of carbonyl (C=O) groups is 2. The second-order valence-electron chi connectivity index (χ2n) is 4.15. The summed E-state index contributed by atoms with van der Waals surface area (Å²) in [5.41, 5.74) is 0.832. The lowest BCUT2D eigenvalue weighted by Gasteiger charge is -2.20. The van der Waals surface area contributed by atoms with Gasteiger partial charge in [-0.1, -0.05) is 0 Å². The molecule has 1 heterocycles. The van der Waals surface area contributed by atoms with E-state index in [-0.39, 0.29) is 5.56 Å². The molecule has 96 valence electrons. The van der Waals surface area contributed by atoms with Gasteiger partial charge in [-0.05, 0) is 30.7 Å². The van der Waals surface area contributed by atoms with E-state index in [9.17, 15) is 14.0 Å². The van der Waals surface area contributed by atoms with E-state index >= 15 is 0 Å². The van der Waals surface area contributed by atoms with Gasteiger partial charge in [0.25, 0.3) is 5.91 Å². The number of carboxylic acid groups (broad SMARTS) is 1. The van der Waals surface area contributed by atoms with Gasteiger partial charge in [-0.2, -0.15) is 0 Å². The SMILES string of the molecule is Cc1cc(F)cc(C(=O)N2CSC[C@H]2C(=O)O)c1. The molecule has 0 aliphatic carbocycles. The molecular weight excluding hydrogens is 257 g/mol. The average Bonchev–Trinajstić information content (AvgIpc) is 2.75. The lowest BCUT2D eigenvalue weighted by molar-refractivity contribution is -0.140. The van der Waals surface area contributed by atoms with Crippen LogP contribution < -0.4 is 0 Å². The van der Waals surface area contributed by atoms with E-state index < -0.39 is 23.7 Å². The summed E-state index contributed by atoms with van der Waals surface area (Å²) in [5, 5.41) is 9.01. The normalized spacial score (nSPS) is 19.0. The molecular formula is C12H12FNO3S. The first-order chi connectivity index (χ1) is 8.49. The number of halogens is 1. The Morgan fingerprint density at radius 1 is 1.44 bits per heavy atom. The molecule has 0 bridgehead atoms. The molecule has 1 aromatic carbocycles. The van der Waals surface area contributed by atoms with Crippen molar-refractivity contribution in [1.82, 2.24) is 4.90 Å². The molecule has 0 spiro atoms. The molecule has 1 aliphatic rings. The molecule has 18 heavy (non-hydrogen) atoms. The summed E-state index contributed by atoms with van der Waals surface area (Å²) in [7, 11) is 0. The van der Waals surface area contributed by atoms with E-state index in [2.05, 4.69) is 0 Å². The van der Waals surface area contributed by atoms with E-state index in [1.165, 1.54) is 22.7 Å². The minimum absolute atomic E-state index is 0.196. The number of carboxylic acids is 1. The Hall–Kier alpha value is -1.56. The number of hydrogen-bond acceptors (Lipinski definition) is 3. The van der Waals surface area contributed by atoms with Crippen LogP contribution in [0.1, 0.15) is 15.9 Å². The Labute approximate surface area is 108 Å². The van der Waals surface area contributed by atoms with E-state index in [1.807, 2.05) is 0 Å². The summed E-state index contributed by atoms with van der Waals surface area (Å²) in [6.45, 7) is 1.69. The van der Waals surface area contributed by atoms with Gasteiger partial charge >= 0.3 is 5.97 Å². The van der Waals surface area contributed by atoms with E-state index in [0.717, 1.165) is 6.07 Å². The van der Waals surface area contributed by atoms with Crippen LogP contribution in [0.5, 0.6) is 0 Å². The van der Waals surface area contributed by atoms with E-state index in [0.29, 0.717) is 17.2 Å². The van der Waals surface area contributed by atoms with Crippen LogP contribution in [0.3, 0.4) is 0 Å². The highest BCUT2D eigenvalue weighted by Gasteiger charge is 2.35. The van der Waals surface area contributed by atoms with Crippen molar-refractivity contribution in [3.05, 3.63) is 35.1 Å². The van der Waals surface area contributed by atoms with E-state index in [1.54, 1.807) is 13.0 Å². The standard InChI is InChI=1S/C12H12FNO3S/c1-7-2-8(4-9(13)3-7)11(15)14-6-18-5-10(14)12(16)17/h2-4,10H,5-6H2,1H3,(H,16,17)/t10-/m0/s1. The molecule has 4 nitrogen and oxygen atoms in total. The van der Waals surface area contributed by atoms with Crippen LogP contribution in [0.25, 0.3) is 0 Å². The van der Waals surface area contributed by atoms with Gasteiger partial charge in [0.1, 0.15) is 11.9 Å². The zero-order valence-electron chi connectivity index (χ0n) is 9.72.